The van der Waals surface area contributed by atoms with E-state index in [1.807, 2.05) is 12.4 Å². The van der Waals surface area contributed by atoms with Gasteiger partial charge in [-0.3, -0.25) is 4.98 Å². The van der Waals surface area contributed by atoms with Gasteiger partial charge in [0.15, 0.2) is 0 Å². The number of nitrogens with one attached hydrogen (secondary N) is 1. The summed E-state index contributed by atoms with van der Waals surface area (Å²) in [5.74, 6) is 1.00. The third kappa shape index (κ3) is 3.32. The predicted molar refractivity (Wildman–Crippen MR) is 80.0 cm³/mol. The Bertz CT molecular complexity index is 546. The second-order valence-corrected chi connectivity index (χ2v) is 5.72. The molecule has 0 aliphatic heterocycles. The molecule has 1 saturated carbocycles. The fourth-order valence-corrected chi connectivity index (χ4v) is 2.66. The summed E-state index contributed by atoms with van der Waals surface area (Å²) >= 11 is 0. The molecule has 1 aliphatic rings. The van der Waals surface area contributed by atoms with E-state index in [1.165, 1.54) is 42.0 Å². The molecular weight excluding hydrogens is 232 g/mol. The molecule has 1 aliphatic carbocycles. The summed E-state index contributed by atoms with van der Waals surface area (Å²) in [5, 5.41) is 6.21. The molecule has 1 atom stereocenters. The molecule has 0 saturated heterocycles. The molecule has 1 aromatic carbocycles. The number of rotatable bonds is 6. The molecule has 0 radical (unpaired) electrons. The number of hydrogen-bond donors (Lipinski definition) is 1. The van der Waals surface area contributed by atoms with Crippen LogP contribution in [0, 0.1) is 5.92 Å². The van der Waals surface area contributed by atoms with E-state index in [0.29, 0.717) is 6.04 Å². The summed E-state index contributed by atoms with van der Waals surface area (Å²) in [6, 6.07) is 9.41. The first-order valence-electron chi connectivity index (χ1n) is 7.41. The lowest BCUT2D eigenvalue weighted by atomic mass is 10.1. The minimum Gasteiger partial charge on any atom is -0.310 e. The van der Waals surface area contributed by atoms with Crippen molar-refractivity contribution >= 4 is 10.8 Å². The summed E-state index contributed by atoms with van der Waals surface area (Å²) < 4.78 is 0. The largest absolute Gasteiger partial charge is 0.310 e. The molecular formula is C17H22N2. The fraction of sp³-hybridized carbons (Fsp3) is 0.471. The highest BCUT2D eigenvalue weighted by Crippen LogP contribution is 2.34. The summed E-state index contributed by atoms with van der Waals surface area (Å²) in [6.07, 6.45) is 9.26. The summed E-state index contributed by atoms with van der Waals surface area (Å²) in [7, 11) is 0. The molecule has 2 aromatic rings. The van der Waals surface area contributed by atoms with Crippen molar-refractivity contribution in [2.75, 3.05) is 0 Å². The van der Waals surface area contributed by atoms with Gasteiger partial charge in [-0.05, 0) is 41.8 Å². The highest BCUT2D eigenvalue weighted by atomic mass is 14.9. The van der Waals surface area contributed by atoms with Gasteiger partial charge in [0.05, 0.1) is 0 Å². The molecule has 100 valence electrons. The Kier molecular flexibility index (Phi) is 3.79. The van der Waals surface area contributed by atoms with Gasteiger partial charge in [0.1, 0.15) is 0 Å². The van der Waals surface area contributed by atoms with Crippen LogP contribution in [0.1, 0.15) is 38.2 Å². The fourth-order valence-electron chi connectivity index (χ4n) is 2.66. The highest BCUT2D eigenvalue weighted by Gasteiger charge is 2.24. The maximum atomic E-state index is 4.15. The first-order valence-corrected chi connectivity index (χ1v) is 7.41. The Morgan fingerprint density at radius 2 is 2.16 bits per heavy atom. The van der Waals surface area contributed by atoms with Crippen LogP contribution < -0.4 is 5.32 Å². The Labute approximate surface area is 115 Å². The summed E-state index contributed by atoms with van der Waals surface area (Å²) in [6.45, 7) is 3.26. The second-order valence-electron chi connectivity index (χ2n) is 5.72. The Hall–Kier alpha value is -1.41. The number of pyridine rings is 1. The monoisotopic (exact) mass is 254 g/mol. The van der Waals surface area contributed by atoms with Crippen LogP contribution in [0.15, 0.2) is 36.7 Å². The lowest BCUT2D eigenvalue weighted by Gasteiger charge is -2.16. The highest BCUT2D eigenvalue weighted by molar-refractivity contribution is 5.81. The van der Waals surface area contributed by atoms with Crippen molar-refractivity contribution < 1.29 is 0 Å². The van der Waals surface area contributed by atoms with E-state index in [1.54, 1.807) is 0 Å². The number of fused-ring (bicyclic) bond motifs is 1. The van der Waals surface area contributed by atoms with Crippen molar-refractivity contribution in [3.8, 4) is 0 Å². The van der Waals surface area contributed by atoms with Gasteiger partial charge in [-0.25, -0.2) is 0 Å². The van der Waals surface area contributed by atoms with Crippen LogP contribution in [-0.4, -0.2) is 11.0 Å². The third-order valence-electron chi connectivity index (χ3n) is 4.11. The zero-order valence-electron chi connectivity index (χ0n) is 11.6. The maximum absolute atomic E-state index is 4.15. The van der Waals surface area contributed by atoms with E-state index in [9.17, 15) is 0 Å². The smallest absolute Gasteiger partial charge is 0.0346 e. The minimum absolute atomic E-state index is 0.681. The molecule has 2 heteroatoms. The van der Waals surface area contributed by atoms with E-state index in [2.05, 4.69) is 41.5 Å². The van der Waals surface area contributed by atoms with Gasteiger partial charge >= 0.3 is 0 Å². The Morgan fingerprint density at radius 3 is 2.95 bits per heavy atom. The zero-order chi connectivity index (χ0) is 13.1. The lowest BCUT2D eigenvalue weighted by Crippen LogP contribution is -2.28. The normalized spacial score (nSPS) is 16.7. The zero-order valence-corrected chi connectivity index (χ0v) is 11.6. The van der Waals surface area contributed by atoms with Crippen molar-refractivity contribution in [2.24, 2.45) is 5.92 Å². The molecule has 1 fully saturated rings. The average Bonchev–Trinajstić information content (AvgIpc) is 3.27. The van der Waals surface area contributed by atoms with E-state index in [0.717, 1.165) is 12.5 Å². The molecule has 2 nitrogen and oxygen atoms in total. The first-order chi connectivity index (χ1) is 9.35. The van der Waals surface area contributed by atoms with Crippen LogP contribution in [0.4, 0.5) is 0 Å². The molecule has 0 amide bonds. The quantitative estimate of drug-likeness (QED) is 0.845. The van der Waals surface area contributed by atoms with Gasteiger partial charge in [-0.2, -0.15) is 0 Å². The van der Waals surface area contributed by atoms with Crippen LogP contribution >= 0.6 is 0 Å². The predicted octanol–water partition coefficient (Wildman–Crippen LogP) is 3.90. The van der Waals surface area contributed by atoms with Gasteiger partial charge in [-0.15, -0.1) is 0 Å². The van der Waals surface area contributed by atoms with E-state index >= 15 is 0 Å². The number of aromatic nitrogens is 1. The number of nitrogens with zero attached hydrogens (tertiary/aromatic N) is 1. The van der Waals surface area contributed by atoms with Crippen molar-refractivity contribution in [1.82, 2.24) is 10.3 Å². The van der Waals surface area contributed by atoms with Gasteiger partial charge in [0.2, 0.25) is 0 Å². The lowest BCUT2D eigenvalue weighted by molar-refractivity contribution is 0.445. The van der Waals surface area contributed by atoms with Crippen LogP contribution in [0.2, 0.25) is 0 Å². The van der Waals surface area contributed by atoms with Crippen molar-refractivity contribution in [2.45, 2.75) is 45.2 Å². The minimum atomic E-state index is 0.681. The number of hydrogen-bond acceptors (Lipinski definition) is 2. The second kappa shape index (κ2) is 5.70. The summed E-state index contributed by atoms with van der Waals surface area (Å²) in [5.41, 5.74) is 1.37. The van der Waals surface area contributed by atoms with Crippen LogP contribution in [0.25, 0.3) is 10.8 Å². The van der Waals surface area contributed by atoms with Crippen LogP contribution in [0.3, 0.4) is 0 Å². The van der Waals surface area contributed by atoms with Crippen molar-refractivity contribution in [3.63, 3.8) is 0 Å². The standard InChI is InChI=1S/C17H22N2/c1-2-17(10-13-3-4-13)19-11-14-5-6-16-12-18-8-7-15(16)9-14/h5-9,12-13,17,19H,2-4,10-11H2,1H3. The first kappa shape index (κ1) is 12.6. The van der Waals surface area contributed by atoms with Gasteiger partial charge in [0, 0.05) is 30.4 Å². The molecule has 0 bridgehead atoms. The maximum Gasteiger partial charge on any atom is 0.0346 e. The Balaban J connectivity index is 1.63. The van der Waals surface area contributed by atoms with Gasteiger partial charge in [0.25, 0.3) is 0 Å². The Morgan fingerprint density at radius 1 is 1.26 bits per heavy atom. The van der Waals surface area contributed by atoms with E-state index < -0.39 is 0 Å². The SMILES string of the molecule is CCC(CC1CC1)NCc1ccc2cnccc2c1. The van der Waals surface area contributed by atoms with Gasteiger partial charge < -0.3 is 5.32 Å². The van der Waals surface area contributed by atoms with E-state index in [-0.39, 0.29) is 0 Å². The molecule has 1 N–H and O–H groups in total. The molecule has 19 heavy (non-hydrogen) atoms. The summed E-state index contributed by atoms with van der Waals surface area (Å²) in [4.78, 5) is 4.15. The average molecular weight is 254 g/mol. The topological polar surface area (TPSA) is 24.9 Å². The van der Waals surface area contributed by atoms with Crippen molar-refractivity contribution in [1.29, 1.82) is 0 Å². The molecule has 1 aromatic heterocycles. The van der Waals surface area contributed by atoms with Gasteiger partial charge in [-0.1, -0.05) is 31.9 Å². The van der Waals surface area contributed by atoms with Crippen LogP contribution in [0.5, 0.6) is 0 Å². The van der Waals surface area contributed by atoms with Crippen LogP contribution in [-0.2, 0) is 6.54 Å². The third-order valence-corrected chi connectivity index (χ3v) is 4.11. The molecule has 0 spiro atoms. The molecule has 1 heterocycles. The molecule has 3 rings (SSSR count). The molecule has 1 unspecified atom stereocenters. The van der Waals surface area contributed by atoms with E-state index in [4.69, 9.17) is 0 Å². The van der Waals surface area contributed by atoms with Crippen molar-refractivity contribution in [3.05, 3.63) is 42.2 Å². The number of benzene rings is 1.